The van der Waals surface area contributed by atoms with Crippen LogP contribution in [0.3, 0.4) is 0 Å². The second-order valence-corrected chi connectivity index (χ2v) is 6.12. The summed E-state index contributed by atoms with van der Waals surface area (Å²) in [7, 11) is -2.51. The minimum absolute atomic E-state index is 0.204. The molecule has 0 aliphatic rings. The Morgan fingerprint density at radius 2 is 2.05 bits per heavy atom. The Labute approximate surface area is 120 Å². The number of phenols is 1. The van der Waals surface area contributed by atoms with Gasteiger partial charge in [0, 0.05) is 13.2 Å². The lowest BCUT2D eigenvalue weighted by molar-refractivity contribution is 0.0693. The molecule has 2 aromatic rings. The molecule has 0 aliphatic heterocycles. The van der Waals surface area contributed by atoms with Crippen molar-refractivity contribution in [2.75, 3.05) is 4.72 Å². The van der Waals surface area contributed by atoms with Crippen molar-refractivity contribution in [2.24, 2.45) is 7.05 Å². The third kappa shape index (κ3) is 2.97. The van der Waals surface area contributed by atoms with E-state index in [9.17, 15) is 18.3 Å². The molecule has 1 aromatic carbocycles. The van der Waals surface area contributed by atoms with Crippen molar-refractivity contribution >= 4 is 21.7 Å². The van der Waals surface area contributed by atoms with Crippen molar-refractivity contribution in [3.05, 3.63) is 35.7 Å². The quantitative estimate of drug-likeness (QED) is 0.772. The van der Waals surface area contributed by atoms with Gasteiger partial charge in [0.25, 0.3) is 10.0 Å². The van der Waals surface area contributed by atoms with Gasteiger partial charge in [-0.2, -0.15) is 5.10 Å². The molecule has 0 radical (unpaired) electrons. The number of benzene rings is 1. The van der Waals surface area contributed by atoms with Crippen molar-refractivity contribution in [3.8, 4) is 5.75 Å². The summed E-state index contributed by atoms with van der Waals surface area (Å²) in [5, 5.41) is 22.7. The Morgan fingerprint density at radius 1 is 1.38 bits per heavy atom. The average Bonchev–Trinajstić information content (AvgIpc) is 2.76. The van der Waals surface area contributed by atoms with Crippen molar-refractivity contribution in [2.45, 2.75) is 11.8 Å². The second-order valence-electron chi connectivity index (χ2n) is 4.47. The third-order valence-electron chi connectivity index (χ3n) is 2.70. The molecule has 0 bridgehead atoms. The maximum absolute atomic E-state index is 12.3. The average molecular weight is 311 g/mol. The van der Waals surface area contributed by atoms with E-state index < -0.39 is 32.2 Å². The highest BCUT2D eigenvalue weighted by molar-refractivity contribution is 7.92. The number of hydrogen-bond donors (Lipinski definition) is 3. The summed E-state index contributed by atoms with van der Waals surface area (Å²) in [6.07, 6.45) is 2.73. The third-order valence-corrected chi connectivity index (χ3v) is 4.09. The molecule has 0 unspecified atom stereocenters. The summed E-state index contributed by atoms with van der Waals surface area (Å²) in [6, 6.07) is 2.39. The summed E-state index contributed by atoms with van der Waals surface area (Å²) in [5.74, 6) is -2.21. The standard InChI is InChI=1S/C12H13N3O5S/c1-7-3-9(12(17)18)11(16)10(4-7)21(19,20)14-8-5-13-15(2)6-8/h3-6,14,16H,1-2H3,(H,17,18). The molecule has 0 saturated carbocycles. The lowest BCUT2D eigenvalue weighted by Crippen LogP contribution is -2.14. The zero-order valence-electron chi connectivity index (χ0n) is 11.2. The summed E-state index contributed by atoms with van der Waals surface area (Å²) in [6.45, 7) is 1.54. The van der Waals surface area contributed by atoms with Crippen LogP contribution in [-0.2, 0) is 17.1 Å². The molecule has 1 heterocycles. The molecule has 0 aliphatic carbocycles. The molecule has 2 rings (SSSR count). The molecule has 8 nitrogen and oxygen atoms in total. The van der Waals surface area contributed by atoms with Crippen molar-refractivity contribution < 1.29 is 23.4 Å². The summed E-state index contributed by atoms with van der Waals surface area (Å²) in [4.78, 5) is 10.5. The van der Waals surface area contributed by atoms with E-state index >= 15 is 0 Å². The molecule has 0 amide bonds. The van der Waals surface area contributed by atoms with Crippen LogP contribution in [0.1, 0.15) is 15.9 Å². The van der Waals surface area contributed by atoms with Gasteiger partial charge in [-0.05, 0) is 24.6 Å². The lowest BCUT2D eigenvalue weighted by atomic mass is 10.1. The first-order chi connectivity index (χ1) is 9.70. The minimum atomic E-state index is -4.13. The van der Waals surface area contributed by atoms with Gasteiger partial charge in [-0.3, -0.25) is 9.40 Å². The number of rotatable bonds is 4. The number of carbonyl (C=O) groups is 1. The number of anilines is 1. The van der Waals surface area contributed by atoms with E-state index in [4.69, 9.17) is 5.11 Å². The second kappa shape index (κ2) is 5.09. The maximum atomic E-state index is 12.3. The van der Waals surface area contributed by atoms with Crippen LogP contribution in [0.4, 0.5) is 5.69 Å². The number of aryl methyl sites for hydroxylation is 2. The fraction of sp³-hybridized carbons (Fsp3) is 0.167. The van der Waals surface area contributed by atoms with E-state index in [1.807, 2.05) is 0 Å². The number of nitrogens with zero attached hydrogens (tertiary/aromatic N) is 2. The number of aromatic carboxylic acids is 1. The predicted octanol–water partition coefficient (Wildman–Crippen LogP) is 0.933. The Morgan fingerprint density at radius 3 is 2.57 bits per heavy atom. The van der Waals surface area contributed by atoms with Crippen LogP contribution >= 0.6 is 0 Å². The van der Waals surface area contributed by atoms with Crippen molar-refractivity contribution in [1.29, 1.82) is 0 Å². The largest absolute Gasteiger partial charge is 0.506 e. The predicted molar refractivity (Wildman–Crippen MR) is 73.8 cm³/mol. The maximum Gasteiger partial charge on any atom is 0.339 e. The topological polar surface area (TPSA) is 122 Å². The Kier molecular flexibility index (Phi) is 3.60. The zero-order chi connectivity index (χ0) is 15.8. The first kappa shape index (κ1) is 14.9. The van der Waals surface area contributed by atoms with E-state index in [-0.39, 0.29) is 5.69 Å². The summed E-state index contributed by atoms with van der Waals surface area (Å²) < 4.78 is 28.1. The first-order valence-corrected chi connectivity index (χ1v) is 7.27. The van der Waals surface area contributed by atoms with E-state index in [1.165, 1.54) is 36.1 Å². The van der Waals surface area contributed by atoms with Crippen LogP contribution in [0.25, 0.3) is 0 Å². The molecule has 1 aromatic heterocycles. The molecular weight excluding hydrogens is 298 g/mol. The van der Waals surface area contributed by atoms with Crippen LogP contribution in [0.2, 0.25) is 0 Å². The van der Waals surface area contributed by atoms with Crippen LogP contribution in [0.5, 0.6) is 5.75 Å². The fourth-order valence-electron chi connectivity index (χ4n) is 1.80. The Bertz CT molecular complexity index is 810. The van der Waals surface area contributed by atoms with Gasteiger partial charge in [-0.1, -0.05) is 0 Å². The van der Waals surface area contributed by atoms with E-state index in [0.29, 0.717) is 5.56 Å². The molecule has 0 spiro atoms. The molecule has 21 heavy (non-hydrogen) atoms. The van der Waals surface area contributed by atoms with Crippen molar-refractivity contribution in [3.63, 3.8) is 0 Å². The van der Waals surface area contributed by atoms with E-state index in [2.05, 4.69) is 9.82 Å². The molecule has 0 fully saturated rings. The van der Waals surface area contributed by atoms with Gasteiger partial charge in [-0.15, -0.1) is 0 Å². The van der Waals surface area contributed by atoms with Crippen LogP contribution < -0.4 is 4.72 Å². The number of carboxylic acids is 1. The zero-order valence-corrected chi connectivity index (χ0v) is 12.0. The van der Waals surface area contributed by atoms with Crippen LogP contribution in [-0.4, -0.2) is 34.4 Å². The molecule has 0 saturated heterocycles. The van der Waals surface area contributed by atoms with E-state index in [1.54, 1.807) is 7.05 Å². The smallest absolute Gasteiger partial charge is 0.339 e. The van der Waals surface area contributed by atoms with Gasteiger partial charge >= 0.3 is 5.97 Å². The van der Waals surface area contributed by atoms with E-state index in [0.717, 1.165) is 0 Å². The SMILES string of the molecule is Cc1cc(C(=O)O)c(O)c(S(=O)(=O)Nc2cnn(C)c2)c1. The molecule has 3 N–H and O–H groups in total. The lowest BCUT2D eigenvalue weighted by Gasteiger charge is -2.10. The van der Waals surface area contributed by atoms with Gasteiger partial charge in [-0.25, -0.2) is 13.2 Å². The molecule has 9 heteroatoms. The van der Waals surface area contributed by atoms with Crippen LogP contribution in [0, 0.1) is 6.92 Å². The number of nitrogens with one attached hydrogen (secondary N) is 1. The number of aromatic nitrogens is 2. The highest BCUT2D eigenvalue weighted by Gasteiger charge is 2.24. The first-order valence-electron chi connectivity index (χ1n) is 5.79. The van der Waals surface area contributed by atoms with Gasteiger partial charge in [0.05, 0.1) is 11.9 Å². The van der Waals surface area contributed by atoms with Gasteiger partial charge in [0.2, 0.25) is 0 Å². The Hall–Kier alpha value is -2.55. The minimum Gasteiger partial charge on any atom is -0.506 e. The van der Waals surface area contributed by atoms with Gasteiger partial charge < -0.3 is 10.2 Å². The number of hydrogen-bond acceptors (Lipinski definition) is 5. The van der Waals surface area contributed by atoms with Crippen LogP contribution in [0.15, 0.2) is 29.4 Å². The molecular formula is C12H13N3O5S. The van der Waals surface area contributed by atoms with Gasteiger partial charge in [0.1, 0.15) is 10.5 Å². The number of aromatic hydroxyl groups is 1. The fourth-order valence-corrected chi connectivity index (χ4v) is 3.03. The Balaban J connectivity index is 2.52. The molecule has 112 valence electrons. The monoisotopic (exact) mass is 311 g/mol. The highest BCUT2D eigenvalue weighted by atomic mass is 32.2. The highest BCUT2D eigenvalue weighted by Crippen LogP contribution is 2.30. The van der Waals surface area contributed by atoms with Gasteiger partial charge in [0.15, 0.2) is 5.75 Å². The molecule has 0 atom stereocenters. The van der Waals surface area contributed by atoms with Crippen molar-refractivity contribution in [1.82, 2.24) is 9.78 Å². The number of carboxylic acid groups (broad SMARTS) is 1. The number of sulfonamides is 1. The summed E-state index contributed by atoms with van der Waals surface area (Å²) >= 11 is 0. The normalized spacial score (nSPS) is 11.3. The summed E-state index contributed by atoms with van der Waals surface area (Å²) in [5.41, 5.74) is 0.133.